The largest absolute Gasteiger partial charge is 0.314 e. The molecule has 0 fully saturated rings. The van der Waals surface area contributed by atoms with Crippen LogP contribution in [-0.4, -0.2) is 22.4 Å². The van der Waals surface area contributed by atoms with E-state index in [0.717, 1.165) is 30.2 Å². The third-order valence-electron chi connectivity index (χ3n) is 2.84. The summed E-state index contributed by atoms with van der Waals surface area (Å²) in [5.74, 6) is 0. The second kappa shape index (κ2) is 6.26. The topological polar surface area (TPSA) is 29.9 Å². The zero-order chi connectivity index (χ0) is 12.1. The molecule has 1 aromatic heterocycles. The van der Waals surface area contributed by atoms with Gasteiger partial charge in [0.15, 0.2) is 0 Å². The van der Waals surface area contributed by atoms with Gasteiger partial charge in [0, 0.05) is 18.7 Å². The predicted octanol–water partition coefficient (Wildman–Crippen LogP) is 2.70. The van der Waals surface area contributed by atoms with Crippen molar-refractivity contribution < 1.29 is 0 Å². The van der Waals surface area contributed by atoms with Gasteiger partial charge in [-0.05, 0) is 39.7 Å². The van der Waals surface area contributed by atoms with Crippen LogP contribution in [0.4, 0.5) is 0 Å². The first-order chi connectivity index (χ1) is 7.56. The van der Waals surface area contributed by atoms with Crippen molar-refractivity contribution in [2.45, 2.75) is 46.1 Å². The number of nitrogens with one attached hydrogen (secondary N) is 1. The fraction of sp³-hybridized carbons (Fsp3) is 0.750. The Kier molecular flexibility index (Phi) is 5.29. The van der Waals surface area contributed by atoms with Gasteiger partial charge in [0.05, 0.1) is 5.69 Å². The number of rotatable bonds is 6. The van der Waals surface area contributed by atoms with Crippen LogP contribution in [0.5, 0.6) is 0 Å². The molecular formula is C12H22ClN3. The van der Waals surface area contributed by atoms with E-state index in [1.54, 1.807) is 4.68 Å². The first-order valence-electron chi connectivity index (χ1n) is 5.97. The van der Waals surface area contributed by atoms with Gasteiger partial charge in [0.2, 0.25) is 0 Å². The van der Waals surface area contributed by atoms with Crippen molar-refractivity contribution in [2.24, 2.45) is 7.05 Å². The predicted molar refractivity (Wildman–Crippen MR) is 69.0 cm³/mol. The van der Waals surface area contributed by atoms with E-state index in [0.29, 0.717) is 6.04 Å². The molecule has 1 N–H and O–H groups in total. The summed E-state index contributed by atoms with van der Waals surface area (Å²) >= 11 is 6.18. The van der Waals surface area contributed by atoms with Crippen molar-refractivity contribution >= 4 is 11.6 Å². The minimum atomic E-state index is 0.538. The smallest absolute Gasteiger partial charge is 0.130 e. The molecule has 0 saturated carbocycles. The van der Waals surface area contributed by atoms with Crippen molar-refractivity contribution in [3.8, 4) is 0 Å². The first-order valence-corrected chi connectivity index (χ1v) is 6.35. The lowest BCUT2D eigenvalue weighted by atomic mass is 10.1. The van der Waals surface area contributed by atoms with Crippen molar-refractivity contribution in [3.05, 3.63) is 16.4 Å². The Morgan fingerprint density at radius 2 is 2.19 bits per heavy atom. The monoisotopic (exact) mass is 243 g/mol. The van der Waals surface area contributed by atoms with Crippen LogP contribution in [0.2, 0.25) is 5.15 Å². The molecule has 0 spiro atoms. The van der Waals surface area contributed by atoms with Crippen LogP contribution < -0.4 is 5.32 Å². The van der Waals surface area contributed by atoms with E-state index < -0.39 is 0 Å². The van der Waals surface area contributed by atoms with E-state index in [9.17, 15) is 0 Å². The molecule has 1 unspecified atom stereocenters. The highest BCUT2D eigenvalue weighted by Crippen LogP contribution is 2.20. The van der Waals surface area contributed by atoms with Gasteiger partial charge in [-0.3, -0.25) is 4.68 Å². The van der Waals surface area contributed by atoms with Gasteiger partial charge in [-0.25, -0.2) is 0 Å². The molecule has 1 heterocycles. The van der Waals surface area contributed by atoms with Crippen LogP contribution in [0.25, 0.3) is 0 Å². The Balaban J connectivity index is 2.48. The van der Waals surface area contributed by atoms with Gasteiger partial charge in [0.25, 0.3) is 0 Å². The zero-order valence-electron chi connectivity index (χ0n) is 10.7. The maximum atomic E-state index is 6.18. The molecule has 92 valence electrons. The quantitative estimate of drug-likeness (QED) is 0.833. The van der Waals surface area contributed by atoms with Gasteiger partial charge in [0.1, 0.15) is 5.15 Å². The average molecular weight is 244 g/mol. The molecule has 4 heteroatoms. The highest BCUT2D eigenvalue weighted by Gasteiger charge is 2.12. The number of aromatic nitrogens is 2. The van der Waals surface area contributed by atoms with Crippen molar-refractivity contribution in [3.63, 3.8) is 0 Å². The molecule has 1 aromatic rings. The molecule has 1 atom stereocenters. The highest BCUT2D eigenvalue weighted by molar-refractivity contribution is 6.30. The molecule has 3 nitrogen and oxygen atoms in total. The molecule has 0 radical (unpaired) electrons. The summed E-state index contributed by atoms with van der Waals surface area (Å²) in [6.45, 7) is 7.50. The Morgan fingerprint density at radius 1 is 1.50 bits per heavy atom. The molecule has 0 aliphatic carbocycles. The molecule has 0 amide bonds. The highest BCUT2D eigenvalue weighted by atomic mass is 35.5. The molecule has 0 saturated heterocycles. The summed E-state index contributed by atoms with van der Waals surface area (Å²) in [4.78, 5) is 0. The molecule has 0 bridgehead atoms. The van der Waals surface area contributed by atoms with Crippen LogP contribution in [-0.2, 0) is 13.5 Å². The SMILES string of the molecule is CCCNC(C)CCc1c(C)nn(C)c1Cl. The standard InChI is InChI=1S/C12H22ClN3/c1-5-8-14-9(2)6-7-11-10(3)15-16(4)12(11)13/h9,14H,5-8H2,1-4H3. The second-order valence-electron chi connectivity index (χ2n) is 4.37. The van der Waals surface area contributed by atoms with Crippen molar-refractivity contribution in [2.75, 3.05) is 6.54 Å². The lowest BCUT2D eigenvalue weighted by Gasteiger charge is -2.12. The van der Waals surface area contributed by atoms with E-state index >= 15 is 0 Å². The van der Waals surface area contributed by atoms with E-state index in [-0.39, 0.29) is 0 Å². The molecule has 0 aliphatic heterocycles. The summed E-state index contributed by atoms with van der Waals surface area (Å²) in [5.41, 5.74) is 2.24. The summed E-state index contributed by atoms with van der Waals surface area (Å²) in [6, 6.07) is 0.538. The van der Waals surface area contributed by atoms with Crippen LogP contribution in [0.15, 0.2) is 0 Å². The lowest BCUT2D eigenvalue weighted by molar-refractivity contribution is 0.513. The molecular weight excluding hydrogens is 222 g/mol. The van der Waals surface area contributed by atoms with Crippen LogP contribution in [0.3, 0.4) is 0 Å². The number of hydrogen-bond acceptors (Lipinski definition) is 2. The van der Waals surface area contributed by atoms with E-state index in [1.165, 1.54) is 12.0 Å². The van der Waals surface area contributed by atoms with E-state index in [1.807, 2.05) is 14.0 Å². The van der Waals surface area contributed by atoms with Gasteiger partial charge in [-0.15, -0.1) is 0 Å². The minimum Gasteiger partial charge on any atom is -0.314 e. The van der Waals surface area contributed by atoms with Crippen LogP contribution in [0.1, 0.15) is 37.9 Å². The lowest BCUT2D eigenvalue weighted by Crippen LogP contribution is -2.27. The summed E-state index contributed by atoms with van der Waals surface area (Å²) in [5, 5.41) is 8.57. The molecule has 16 heavy (non-hydrogen) atoms. The van der Waals surface area contributed by atoms with E-state index in [4.69, 9.17) is 11.6 Å². The van der Waals surface area contributed by atoms with Gasteiger partial charge >= 0.3 is 0 Å². The normalized spacial score (nSPS) is 13.1. The second-order valence-corrected chi connectivity index (χ2v) is 4.73. The summed E-state index contributed by atoms with van der Waals surface area (Å²) in [6.07, 6.45) is 3.28. The Labute approximate surface area is 103 Å². The third kappa shape index (κ3) is 3.49. The van der Waals surface area contributed by atoms with Crippen LogP contribution >= 0.6 is 11.6 Å². The van der Waals surface area contributed by atoms with Crippen molar-refractivity contribution in [1.82, 2.24) is 15.1 Å². The first kappa shape index (κ1) is 13.5. The maximum Gasteiger partial charge on any atom is 0.130 e. The maximum absolute atomic E-state index is 6.18. The van der Waals surface area contributed by atoms with Gasteiger partial charge < -0.3 is 5.32 Å². The Bertz CT molecular complexity index is 333. The minimum absolute atomic E-state index is 0.538. The summed E-state index contributed by atoms with van der Waals surface area (Å²) < 4.78 is 1.75. The number of halogens is 1. The number of hydrogen-bond donors (Lipinski definition) is 1. The third-order valence-corrected chi connectivity index (χ3v) is 3.31. The molecule has 0 aromatic carbocycles. The summed E-state index contributed by atoms with van der Waals surface area (Å²) in [7, 11) is 1.89. The van der Waals surface area contributed by atoms with Crippen LogP contribution in [0, 0.1) is 6.92 Å². The fourth-order valence-corrected chi connectivity index (χ4v) is 2.08. The Hall–Kier alpha value is -0.540. The number of aryl methyl sites for hydroxylation is 2. The van der Waals surface area contributed by atoms with E-state index in [2.05, 4.69) is 24.3 Å². The zero-order valence-corrected chi connectivity index (χ0v) is 11.4. The molecule has 0 aliphatic rings. The molecule has 1 rings (SSSR count). The Morgan fingerprint density at radius 3 is 2.69 bits per heavy atom. The average Bonchev–Trinajstić information content (AvgIpc) is 2.48. The fourth-order valence-electron chi connectivity index (χ4n) is 1.81. The van der Waals surface area contributed by atoms with Gasteiger partial charge in [-0.2, -0.15) is 5.10 Å². The van der Waals surface area contributed by atoms with Crippen molar-refractivity contribution in [1.29, 1.82) is 0 Å². The van der Waals surface area contributed by atoms with Gasteiger partial charge in [-0.1, -0.05) is 18.5 Å². The number of nitrogens with zero attached hydrogens (tertiary/aromatic N) is 2.